The number of hydrogen-bond acceptors (Lipinski definition) is 4. The van der Waals surface area contributed by atoms with E-state index in [-0.39, 0.29) is 23.6 Å². The lowest BCUT2D eigenvalue weighted by molar-refractivity contribution is 0.0730. The quantitative estimate of drug-likeness (QED) is 0.470. The van der Waals surface area contributed by atoms with Crippen molar-refractivity contribution in [3.8, 4) is 16.4 Å². The van der Waals surface area contributed by atoms with Gasteiger partial charge in [-0.05, 0) is 42.1 Å². The van der Waals surface area contributed by atoms with Gasteiger partial charge in [0.25, 0.3) is 5.91 Å². The first kappa shape index (κ1) is 19.0. The number of aromatic nitrogens is 3. The monoisotopic (exact) mass is 406 g/mol. The lowest BCUT2D eigenvalue weighted by atomic mass is 10.1. The van der Waals surface area contributed by atoms with Crippen molar-refractivity contribution < 1.29 is 9.18 Å². The summed E-state index contributed by atoms with van der Waals surface area (Å²) in [6.07, 6.45) is 0. The number of carbonyl (C=O) groups excluding carboxylic acids is 1. The molecule has 0 aliphatic carbocycles. The summed E-state index contributed by atoms with van der Waals surface area (Å²) in [5, 5.41) is 6.35. The van der Waals surface area contributed by atoms with Gasteiger partial charge >= 0.3 is 0 Å². The van der Waals surface area contributed by atoms with Gasteiger partial charge in [-0.25, -0.2) is 14.1 Å². The Morgan fingerprint density at radius 1 is 1.10 bits per heavy atom. The number of benzene rings is 2. The molecule has 4 rings (SSSR count). The molecule has 29 heavy (non-hydrogen) atoms. The molecule has 0 N–H and O–H groups in total. The fraction of sp³-hybridized carbons (Fsp3) is 0.136. The molecular formula is C22H19FN4OS. The minimum atomic E-state index is -0.377. The van der Waals surface area contributed by atoms with Crippen molar-refractivity contribution in [1.29, 1.82) is 0 Å². The Kier molecular flexibility index (Phi) is 5.22. The summed E-state index contributed by atoms with van der Waals surface area (Å²) in [5.41, 5.74) is 1.53. The number of amides is 1. The van der Waals surface area contributed by atoms with Crippen LogP contribution in [0.1, 0.15) is 29.1 Å². The minimum absolute atomic E-state index is 0.0722. The number of carbonyl (C=O) groups is 1. The van der Waals surface area contributed by atoms with Gasteiger partial charge in [-0.2, -0.15) is 0 Å². The number of nitrogens with zero attached hydrogens (tertiary/aromatic N) is 4. The summed E-state index contributed by atoms with van der Waals surface area (Å²) in [6, 6.07) is 19.5. The molecule has 0 bridgehead atoms. The van der Waals surface area contributed by atoms with E-state index in [0.29, 0.717) is 11.5 Å². The second-order valence-electron chi connectivity index (χ2n) is 6.63. The minimum Gasteiger partial charge on any atom is -0.332 e. The average Bonchev–Trinajstić information content (AvgIpc) is 3.42. The Hall–Kier alpha value is -3.32. The van der Waals surface area contributed by atoms with Gasteiger partial charge in [-0.15, -0.1) is 16.4 Å². The van der Waals surface area contributed by atoms with Crippen molar-refractivity contribution >= 4 is 17.2 Å². The molecule has 0 spiro atoms. The van der Waals surface area contributed by atoms with Crippen LogP contribution in [0.3, 0.4) is 0 Å². The third-order valence-corrected chi connectivity index (χ3v) is 5.64. The number of thiophene rings is 1. The Morgan fingerprint density at radius 3 is 2.59 bits per heavy atom. The van der Waals surface area contributed by atoms with Gasteiger partial charge in [0.15, 0.2) is 5.82 Å². The molecule has 0 aliphatic heterocycles. The zero-order chi connectivity index (χ0) is 20.4. The Morgan fingerprint density at radius 2 is 1.90 bits per heavy atom. The summed E-state index contributed by atoms with van der Waals surface area (Å²) in [6.45, 7) is 1.96. The standard InChI is InChI=1S/C22H19FN4OS/c1-15(16-8-4-3-5-9-16)26(2)22(28)20-24-21(19-12-7-13-29-19)27(25-20)18-11-6-10-17(23)14-18/h3-15H,1-2H3. The molecule has 1 atom stereocenters. The highest BCUT2D eigenvalue weighted by Gasteiger charge is 2.25. The van der Waals surface area contributed by atoms with E-state index in [1.165, 1.54) is 28.2 Å². The summed E-state index contributed by atoms with van der Waals surface area (Å²) in [4.78, 5) is 20.1. The summed E-state index contributed by atoms with van der Waals surface area (Å²) < 4.78 is 15.3. The van der Waals surface area contributed by atoms with Gasteiger partial charge in [0, 0.05) is 7.05 Å². The molecular weight excluding hydrogens is 387 g/mol. The number of rotatable bonds is 5. The predicted octanol–water partition coefficient (Wildman–Crippen LogP) is 4.97. The Labute approximate surface area is 172 Å². The molecule has 0 saturated heterocycles. The molecule has 0 saturated carbocycles. The van der Waals surface area contributed by atoms with E-state index in [4.69, 9.17) is 0 Å². The number of hydrogen-bond donors (Lipinski definition) is 0. The van der Waals surface area contributed by atoms with Gasteiger partial charge in [0.2, 0.25) is 5.82 Å². The van der Waals surface area contributed by atoms with Crippen LogP contribution in [0.25, 0.3) is 16.4 Å². The largest absolute Gasteiger partial charge is 0.332 e. The first-order valence-corrected chi connectivity index (χ1v) is 10.0. The molecule has 2 aromatic carbocycles. The second-order valence-corrected chi connectivity index (χ2v) is 7.58. The molecule has 4 aromatic rings. The molecule has 5 nitrogen and oxygen atoms in total. The van der Waals surface area contributed by atoms with Crippen LogP contribution in [0.5, 0.6) is 0 Å². The Bertz CT molecular complexity index is 1120. The van der Waals surface area contributed by atoms with Gasteiger partial charge in [-0.3, -0.25) is 4.79 Å². The summed E-state index contributed by atoms with van der Waals surface area (Å²) in [7, 11) is 1.73. The SMILES string of the molecule is CC(c1ccccc1)N(C)C(=O)c1nc(-c2cccs2)n(-c2cccc(F)c2)n1. The van der Waals surface area contributed by atoms with E-state index >= 15 is 0 Å². The molecule has 7 heteroatoms. The van der Waals surface area contributed by atoms with Crippen LogP contribution in [0.15, 0.2) is 72.1 Å². The normalized spacial score (nSPS) is 12.0. The van der Waals surface area contributed by atoms with Gasteiger partial charge in [0.05, 0.1) is 16.6 Å². The lowest BCUT2D eigenvalue weighted by Gasteiger charge is -2.24. The lowest BCUT2D eigenvalue weighted by Crippen LogP contribution is -2.30. The van der Waals surface area contributed by atoms with Crippen LogP contribution in [-0.4, -0.2) is 32.6 Å². The number of halogens is 1. The molecule has 146 valence electrons. The summed E-state index contributed by atoms with van der Waals surface area (Å²) >= 11 is 1.48. The van der Waals surface area contributed by atoms with Gasteiger partial charge in [-0.1, -0.05) is 42.5 Å². The second kappa shape index (κ2) is 7.97. The molecule has 2 aromatic heterocycles. The van der Waals surface area contributed by atoms with Crippen LogP contribution in [-0.2, 0) is 0 Å². The fourth-order valence-electron chi connectivity index (χ4n) is 3.04. The van der Waals surface area contributed by atoms with Crippen molar-refractivity contribution in [1.82, 2.24) is 19.7 Å². The van der Waals surface area contributed by atoms with E-state index in [1.807, 2.05) is 54.8 Å². The highest BCUT2D eigenvalue weighted by Crippen LogP contribution is 2.27. The van der Waals surface area contributed by atoms with Crippen molar-refractivity contribution in [3.05, 3.63) is 89.3 Å². The van der Waals surface area contributed by atoms with Gasteiger partial charge < -0.3 is 4.90 Å². The molecule has 1 amide bonds. The van der Waals surface area contributed by atoms with E-state index in [0.717, 1.165) is 10.4 Å². The van der Waals surface area contributed by atoms with Crippen molar-refractivity contribution in [3.63, 3.8) is 0 Å². The van der Waals surface area contributed by atoms with Crippen molar-refractivity contribution in [2.45, 2.75) is 13.0 Å². The smallest absolute Gasteiger partial charge is 0.293 e. The zero-order valence-corrected chi connectivity index (χ0v) is 16.8. The van der Waals surface area contributed by atoms with Crippen LogP contribution in [0.2, 0.25) is 0 Å². The van der Waals surface area contributed by atoms with E-state index in [1.54, 1.807) is 24.1 Å². The maximum Gasteiger partial charge on any atom is 0.293 e. The highest BCUT2D eigenvalue weighted by atomic mass is 32.1. The maximum atomic E-state index is 13.8. The predicted molar refractivity (Wildman–Crippen MR) is 112 cm³/mol. The zero-order valence-electron chi connectivity index (χ0n) is 16.0. The van der Waals surface area contributed by atoms with E-state index in [2.05, 4.69) is 10.1 Å². The Balaban J connectivity index is 1.73. The maximum absolute atomic E-state index is 13.8. The third-order valence-electron chi connectivity index (χ3n) is 4.78. The molecule has 0 radical (unpaired) electrons. The first-order chi connectivity index (χ1) is 14.0. The molecule has 2 heterocycles. The van der Waals surface area contributed by atoms with E-state index < -0.39 is 0 Å². The highest BCUT2D eigenvalue weighted by molar-refractivity contribution is 7.13. The van der Waals surface area contributed by atoms with Crippen LogP contribution in [0, 0.1) is 5.82 Å². The first-order valence-electron chi connectivity index (χ1n) is 9.13. The molecule has 0 fully saturated rings. The third kappa shape index (κ3) is 3.82. The molecule has 1 unspecified atom stereocenters. The van der Waals surface area contributed by atoms with Crippen LogP contribution in [0.4, 0.5) is 4.39 Å². The van der Waals surface area contributed by atoms with Crippen molar-refractivity contribution in [2.75, 3.05) is 7.05 Å². The van der Waals surface area contributed by atoms with Crippen LogP contribution < -0.4 is 0 Å². The van der Waals surface area contributed by atoms with Crippen LogP contribution >= 0.6 is 11.3 Å². The molecule has 0 aliphatic rings. The summed E-state index contributed by atoms with van der Waals surface area (Å²) in [5.74, 6) is -0.0928. The van der Waals surface area contributed by atoms with Crippen molar-refractivity contribution in [2.24, 2.45) is 0 Å². The van der Waals surface area contributed by atoms with Gasteiger partial charge in [0.1, 0.15) is 5.82 Å². The topological polar surface area (TPSA) is 51.0 Å². The van der Waals surface area contributed by atoms with E-state index in [9.17, 15) is 9.18 Å². The fourth-order valence-corrected chi connectivity index (χ4v) is 3.74. The average molecular weight is 406 g/mol.